The third-order valence-corrected chi connectivity index (χ3v) is 2.49. The molecule has 0 saturated heterocycles. The van der Waals surface area contributed by atoms with Crippen LogP contribution in [0.25, 0.3) is 0 Å². The predicted octanol–water partition coefficient (Wildman–Crippen LogP) is -4.08. The Balaban J connectivity index is 0.00000144. The zero-order chi connectivity index (χ0) is 9.19. The molecule has 0 spiro atoms. The van der Waals surface area contributed by atoms with Crippen LogP contribution < -0.4 is 45.3 Å². The van der Waals surface area contributed by atoms with Gasteiger partial charge >= 0.3 is 29.6 Å². The summed E-state index contributed by atoms with van der Waals surface area (Å²) in [5.74, 6) is 4.52. The largest absolute Gasteiger partial charge is 1.00 e. The van der Waals surface area contributed by atoms with Gasteiger partial charge in [0.05, 0.1) is 4.90 Å². The Morgan fingerprint density at radius 3 is 2.08 bits per heavy atom. The van der Waals surface area contributed by atoms with Gasteiger partial charge in [-0.15, -0.1) is 5.75 Å². The maximum absolute atomic E-state index is 11.0. The average molecular weight is 210 g/mol. The molecule has 1 aromatic rings. The quantitative estimate of drug-likeness (QED) is 0.295. The molecule has 66 valence electrons. The molecule has 13 heavy (non-hydrogen) atoms. The number of nitrogens with two attached hydrogens (primary N) is 1. The summed E-state index contributed by atoms with van der Waals surface area (Å²) >= 11 is 0. The molecule has 0 unspecified atom stereocenters. The number of hydrogen-bond acceptors (Lipinski definition) is 4. The van der Waals surface area contributed by atoms with Gasteiger partial charge in [-0.2, -0.15) is 4.83 Å². The molecule has 0 aromatic heterocycles. The molecule has 3 N–H and O–H groups in total. The van der Waals surface area contributed by atoms with Crippen LogP contribution in [0.1, 0.15) is 0 Å². The molecule has 0 fully saturated rings. The van der Waals surface area contributed by atoms with E-state index in [-0.39, 0.29) is 40.2 Å². The van der Waals surface area contributed by atoms with E-state index in [0.29, 0.717) is 0 Å². The van der Waals surface area contributed by atoms with Crippen molar-refractivity contribution in [2.24, 2.45) is 5.84 Å². The van der Waals surface area contributed by atoms with Crippen LogP contribution in [0.3, 0.4) is 0 Å². The second kappa shape index (κ2) is 4.94. The molecule has 0 aliphatic carbocycles. The molecule has 0 saturated carbocycles. The molecule has 1 rings (SSSR count). The van der Waals surface area contributed by atoms with Crippen molar-refractivity contribution in [3.8, 4) is 5.75 Å². The minimum Gasteiger partial charge on any atom is -0.872 e. The van der Waals surface area contributed by atoms with Crippen LogP contribution in [-0.4, -0.2) is 8.42 Å². The molecule has 0 bridgehead atoms. The standard InChI is InChI=1S/C6H8N2O3S.Na/c7-8-12(10,11)6-3-1-5(9)2-4-6;/h1-4,8-9H,7H2;/q;+1/p-1. The van der Waals surface area contributed by atoms with Gasteiger partial charge in [-0.05, 0) is 12.1 Å². The topological polar surface area (TPSA) is 95.2 Å². The number of benzene rings is 1. The SMILES string of the molecule is NNS(=O)(=O)c1ccc([O-])cc1.[Na+]. The first kappa shape index (κ1) is 12.9. The molecule has 1 aromatic carbocycles. The summed E-state index contributed by atoms with van der Waals surface area (Å²) in [6.45, 7) is 0. The van der Waals surface area contributed by atoms with Gasteiger partial charge in [-0.3, -0.25) is 5.84 Å². The molecule has 0 atom stereocenters. The van der Waals surface area contributed by atoms with Gasteiger partial charge in [0.25, 0.3) is 10.0 Å². The van der Waals surface area contributed by atoms with E-state index < -0.39 is 10.0 Å². The van der Waals surface area contributed by atoms with E-state index in [4.69, 9.17) is 5.84 Å². The number of sulfonamides is 1. The summed E-state index contributed by atoms with van der Waals surface area (Å²) in [6, 6.07) is 4.70. The number of hydrazine groups is 1. The maximum atomic E-state index is 11.0. The van der Waals surface area contributed by atoms with E-state index in [9.17, 15) is 13.5 Å². The summed E-state index contributed by atoms with van der Waals surface area (Å²) in [5, 5.41) is 10.6. The van der Waals surface area contributed by atoms with Crippen molar-refractivity contribution in [2.75, 3.05) is 0 Å². The minimum absolute atomic E-state index is 0. The fourth-order valence-electron chi connectivity index (χ4n) is 0.687. The van der Waals surface area contributed by atoms with Crippen LogP contribution >= 0.6 is 0 Å². The van der Waals surface area contributed by atoms with Crippen molar-refractivity contribution in [2.45, 2.75) is 4.90 Å². The molecular weight excluding hydrogens is 203 g/mol. The molecule has 5 nitrogen and oxygen atoms in total. The molecule has 0 radical (unpaired) electrons. The third-order valence-electron chi connectivity index (χ3n) is 1.29. The van der Waals surface area contributed by atoms with E-state index in [2.05, 4.69) is 0 Å². The van der Waals surface area contributed by atoms with Crippen LogP contribution in [0.4, 0.5) is 0 Å². The summed E-state index contributed by atoms with van der Waals surface area (Å²) in [6.07, 6.45) is 0. The van der Waals surface area contributed by atoms with E-state index >= 15 is 0 Å². The molecule has 0 aliphatic heterocycles. The van der Waals surface area contributed by atoms with Crippen molar-refractivity contribution in [1.29, 1.82) is 0 Å². The fraction of sp³-hybridized carbons (Fsp3) is 0. The van der Waals surface area contributed by atoms with Gasteiger partial charge in [-0.1, -0.05) is 12.1 Å². The number of nitrogens with one attached hydrogen (secondary N) is 1. The normalized spacial score (nSPS) is 10.5. The van der Waals surface area contributed by atoms with Gasteiger partial charge in [0, 0.05) is 0 Å². The van der Waals surface area contributed by atoms with Crippen LogP contribution in [0.15, 0.2) is 29.2 Å². The van der Waals surface area contributed by atoms with E-state index in [1.165, 1.54) is 12.1 Å². The Hall–Kier alpha value is -0.110. The first-order valence-electron chi connectivity index (χ1n) is 3.06. The second-order valence-corrected chi connectivity index (χ2v) is 3.81. The Morgan fingerprint density at radius 2 is 1.69 bits per heavy atom. The minimum atomic E-state index is -3.63. The summed E-state index contributed by atoms with van der Waals surface area (Å²) < 4.78 is 21.9. The van der Waals surface area contributed by atoms with Crippen LogP contribution in [-0.2, 0) is 10.0 Å². The van der Waals surface area contributed by atoms with Crippen molar-refractivity contribution in [1.82, 2.24) is 4.83 Å². The smallest absolute Gasteiger partial charge is 0.872 e. The van der Waals surface area contributed by atoms with Crippen LogP contribution in [0.5, 0.6) is 5.75 Å². The fourth-order valence-corrected chi connectivity index (χ4v) is 1.32. The first-order chi connectivity index (χ1) is 5.56. The monoisotopic (exact) mass is 210 g/mol. The van der Waals surface area contributed by atoms with Crippen molar-refractivity contribution < 1.29 is 43.1 Å². The predicted molar refractivity (Wildman–Crippen MR) is 40.4 cm³/mol. The Labute approximate surface area is 98.3 Å². The van der Waals surface area contributed by atoms with Crippen molar-refractivity contribution >= 4 is 10.0 Å². The zero-order valence-electron chi connectivity index (χ0n) is 7.02. The van der Waals surface area contributed by atoms with Crippen LogP contribution in [0, 0.1) is 0 Å². The molecule has 0 amide bonds. The Kier molecular flexibility index (Phi) is 4.90. The molecule has 7 heteroatoms. The molecule has 0 aliphatic rings. The summed E-state index contributed by atoms with van der Waals surface area (Å²) in [4.78, 5) is 1.62. The number of hydrogen-bond donors (Lipinski definition) is 2. The van der Waals surface area contributed by atoms with Gasteiger partial charge in [0.2, 0.25) is 0 Å². The Bertz CT molecular complexity index is 362. The van der Waals surface area contributed by atoms with Gasteiger partial charge < -0.3 is 5.11 Å². The maximum Gasteiger partial charge on any atom is 1.00 e. The van der Waals surface area contributed by atoms with E-state index in [1.807, 2.05) is 0 Å². The van der Waals surface area contributed by atoms with Gasteiger partial charge in [0.1, 0.15) is 0 Å². The number of rotatable bonds is 2. The third kappa shape index (κ3) is 3.26. The first-order valence-corrected chi connectivity index (χ1v) is 4.54. The van der Waals surface area contributed by atoms with Crippen LogP contribution in [0.2, 0.25) is 0 Å². The molecular formula is C6H7N2NaO3S. The van der Waals surface area contributed by atoms with Crippen molar-refractivity contribution in [3.05, 3.63) is 24.3 Å². The van der Waals surface area contributed by atoms with Crippen molar-refractivity contribution in [3.63, 3.8) is 0 Å². The molecule has 0 heterocycles. The van der Waals surface area contributed by atoms with Gasteiger partial charge in [-0.25, -0.2) is 8.42 Å². The Morgan fingerprint density at radius 1 is 1.23 bits per heavy atom. The summed E-state index contributed by atoms with van der Waals surface area (Å²) in [7, 11) is -3.63. The summed E-state index contributed by atoms with van der Waals surface area (Å²) in [5.41, 5.74) is 0. The zero-order valence-corrected chi connectivity index (χ0v) is 9.84. The van der Waals surface area contributed by atoms with E-state index in [1.54, 1.807) is 4.83 Å². The van der Waals surface area contributed by atoms with E-state index in [0.717, 1.165) is 12.1 Å². The van der Waals surface area contributed by atoms with Gasteiger partial charge in [0.15, 0.2) is 0 Å². The average Bonchev–Trinajstić information content (AvgIpc) is 2.05. The second-order valence-electron chi connectivity index (χ2n) is 2.09.